The Morgan fingerprint density at radius 3 is 2.25 bits per heavy atom. The molecule has 4 heteroatoms. The fourth-order valence-corrected chi connectivity index (χ4v) is 3.40. The first kappa shape index (κ1) is 13.2. The van der Waals surface area contributed by atoms with Crippen LogP contribution in [0.25, 0.3) is 0 Å². The maximum Gasteiger partial charge on any atom is 0.181 e. The average molecular weight is 242 g/mol. The van der Waals surface area contributed by atoms with Crippen LogP contribution in [0.2, 0.25) is 0 Å². The van der Waals surface area contributed by atoms with Gasteiger partial charge in [-0.3, -0.25) is 0 Å². The van der Waals surface area contributed by atoms with Gasteiger partial charge in [-0.2, -0.15) is 0 Å². The summed E-state index contributed by atoms with van der Waals surface area (Å²) in [5.74, 6) is 0. The molecule has 3 nitrogen and oxygen atoms in total. The van der Waals surface area contributed by atoms with Gasteiger partial charge in [-0.25, -0.2) is 8.42 Å². The topological polar surface area (TPSA) is 54.4 Å². The first-order chi connectivity index (χ1) is 7.52. The van der Waals surface area contributed by atoms with Crippen molar-refractivity contribution in [2.24, 2.45) is 0 Å². The van der Waals surface area contributed by atoms with Crippen molar-refractivity contribution < 1.29 is 13.5 Å². The summed E-state index contributed by atoms with van der Waals surface area (Å²) < 4.78 is 24.3. The number of hydrogen-bond acceptors (Lipinski definition) is 3. The highest BCUT2D eigenvalue weighted by atomic mass is 32.2. The van der Waals surface area contributed by atoms with Gasteiger partial charge in [0.25, 0.3) is 0 Å². The second kappa shape index (κ2) is 5.46. The molecule has 16 heavy (non-hydrogen) atoms. The highest BCUT2D eigenvalue weighted by molar-refractivity contribution is 7.92. The minimum atomic E-state index is -3.29. The van der Waals surface area contributed by atoms with E-state index < -0.39 is 15.1 Å². The van der Waals surface area contributed by atoms with E-state index in [0.717, 1.165) is 5.56 Å². The molecule has 0 spiro atoms. The molecule has 1 atom stereocenters. The van der Waals surface area contributed by atoms with Crippen molar-refractivity contribution in [1.29, 1.82) is 0 Å². The van der Waals surface area contributed by atoms with Gasteiger partial charge in [0.15, 0.2) is 9.84 Å². The Morgan fingerprint density at radius 1 is 1.25 bits per heavy atom. The van der Waals surface area contributed by atoms with Crippen LogP contribution in [0, 0.1) is 6.92 Å². The molecule has 0 aliphatic heterocycles. The number of benzene rings is 1. The minimum absolute atomic E-state index is 0.0937. The Morgan fingerprint density at radius 2 is 1.81 bits per heavy atom. The lowest BCUT2D eigenvalue weighted by atomic mass is 10.2. The second-order valence-electron chi connectivity index (χ2n) is 3.90. The lowest BCUT2D eigenvalue weighted by Crippen LogP contribution is -2.22. The number of aliphatic hydroxyl groups is 1. The third-order valence-electron chi connectivity index (χ3n) is 2.69. The monoisotopic (exact) mass is 242 g/mol. The van der Waals surface area contributed by atoms with Gasteiger partial charge in [-0.1, -0.05) is 24.6 Å². The Kier molecular flexibility index (Phi) is 4.50. The van der Waals surface area contributed by atoms with Gasteiger partial charge >= 0.3 is 0 Å². The number of sulfone groups is 1. The van der Waals surface area contributed by atoms with Crippen LogP contribution in [0.4, 0.5) is 0 Å². The highest BCUT2D eigenvalue weighted by Gasteiger charge is 2.25. The molecule has 90 valence electrons. The molecule has 0 heterocycles. The molecule has 1 rings (SSSR count). The maximum absolute atomic E-state index is 12.2. The van der Waals surface area contributed by atoms with E-state index in [4.69, 9.17) is 5.11 Å². The van der Waals surface area contributed by atoms with Gasteiger partial charge in [0, 0.05) is 6.61 Å². The number of rotatable bonds is 5. The molecule has 0 amide bonds. The van der Waals surface area contributed by atoms with E-state index in [1.54, 1.807) is 24.3 Å². The van der Waals surface area contributed by atoms with Crippen LogP contribution in [0.1, 0.15) is 25.3 Å². The summed E-state index contributed by atoms with van der Waals surface area (Å²) in [5.41, 5.74) is 1.04. The Labute approximate surface area is 97.0 Å². The molecule has 0 saturated heterocycles. The molecule has 0 aliphatic rings. The van der Waals surface area contributed by atoms with Crippen LogP contribution >= 0.6 is 0 Å². The van der Waals surface area contributed by atoms with Gasteiger partial charge in [0.2, 0.25) is 0 Å². The molecular weight excluding hydrogens is 224 g/mol. The van der Waals surface area contributed by atoms with Crippen molar-refractivity contribution in [2.75, 3.05) is 6.61 Å². The Bertz CT molecular complexity index is 420. The van der Waals surface area contributed by atoms with E-state index in [-0.39, 0.29) is 6.61 Å². The summed E-state index contributed by atoms with van der Waals surface area (Å²) in [6, 6.07) is 6.84. The molecule has 1 aromatic rings. The van der Waals surface area contributed by atoms with Gasteiger partial charge in [-0.05, 0) is 31.9 Å². The lowest BCUT2D eigenvalue weighted by molar-refractivity contribution is 0.284. The summed E-state index contributed by atoms with van der Waals surface area (Å²) in [5, 5.41) is 8.37. The third-order valence-corrected chi connectivity index (χ3v) is 5.07. The summed E-state index contributed by atoms with van der Waals surface area (Å²) in [4.78, 5) is 0.346. The molecule has 1 unspecified atom stereocenters. The van der Waals surface area contributed by atoms with E-state index in [1.807, 2.05) is 13.8 Å². The molecule has 0 radical (unpaired) electrons. The molecule has 0 bridgehead atoms. The normalized spacial score (nSPS) is 13.7. The SMILES string of the molecule is CCC(CCO)S(=O)(=O)c1ccc(C)cc1. The summed E-state index contributed by atoms with van der Waals surface area (Å²) in [6.45, 7) is 3.65. The van der Waals surface area contributed by atoms with E-state index in [9.17, 15) is 8.42 Å². The zero-order valence-corrected chi connectivity index (χ0v) is 10.5. The quantitative estimate of drug-likeness (QED) is 0.858. The van der Waals surface area contributed by atoms with Crippen LogP contribution in [0.5, 0.6) is 0 Å². The van der Waals surface area contributed by atoms with Crippen LogP contribution in [-0.4, -0.2) is 25.4 Å². The van der Waals surface area contributed by atoms with Gasteiger partial charge in [0.1, 0.15) is 0 Å². The third kappa shape index (κ3) is 2.83. The fourth-order valence-electron chi connectivity index (χ4n) is 1.64. The molecular formula is C12H18O3S. The molecule has 1 N–H and O–H groups in total. The van der Waals surface area contributed by atoms with E-state index in [2.05, 4.69) is 0 Å². The number of aryl methyl sites for hydroxylation is 1. The lowest BCUT2D eigenvalue weighted by Gasteiger charge is -2.14. The van der Waals surface area contributed by atoms with Crippen LogP contribution in [0.3, 0.4) is 0 Å². The zero-order valence-electron chi connectivity index (χ0n) is 9.68. The molecule has 0 aromatic heterocycles. The van der Waals surface area contributed by atoms with Crippen molar-refractivity contribution in [3.63, 3.8) is 0 Å². The Hall–Kier alpha value is -0.870. The number of hydrogen-bond donors (Lipinski definition) is 1. The summed E-state index contributed by atoms with van der Waals surface area (Å²) in [6.07, 6.45) is 0.823. The van der Waals surface area contributed by atoms with E-state index in [1.165, 1.54) is 0 Å². The van der Waals surface area contributed by atoms with Crippen molar-refractivity contribution in [3.8, 4) is 0 Å². The standard InChI is InChI=1S/C12H18O3S/c1-3-11(8-9-13)16(14,15)12-6-4-10(2)5-7-12/h4-7,11,13H,3,8-9H2,1-2H3. The fraction of sp³-hybridized carbons (Fsp3) is 0.500. The molecule has 0 aliphatic carbocycles. The molecule has 0 fully saturated rings. The van der Waals surface area contributed by atoms with Gasteiger partial charge < -0.3 is 5.11 Å². The summed E-state index contributed by atoms with van der Waals surface area (Å²) >= 11 is 0. The van der Waals surface area contributed by atoms with Crippen molar-refractivity contribution in [1.82, 2.24) is 0 Å². The van der Waals surface area contributed by atoms with Crippen molar-refractivity contribution in [3.05, 3.63) is 29.8 Å². The average Bonchev–Trinajstić information content (AvgIpc) is 2.26. The predicted octanol–water partition coefficient (Wildman–Crippen LogP) is 1.93. The first-order valence-corrected chi connectivity index (χ1v) is 6.98. The van der Waals surface area contributed by atoms with Crippen LogP contribution < -0.4 is 0 Å². The smallest absolute Gasteiger partial charge is 0.181 e. The van der Waals surface area contributed by atoms with Crippen molar-refractivity contribution >= 4 is 9.84 Å². The minimum Gasteiger partial charge on any atom is -0.396 e. The van der Waals surface area contributed by atoms with Gasteiger partial charge in [0.05, 0.1) is 10.1 Å². The number of aliphatic hydroxyl groups excluding tert-OH is 1. The maximum atomic E-state index is 12.2. The summed E-state index contributed by atoms with van der Waals surface area (Å²) in [7, 11) is -3.29. The van der Waals surface area contributed by atoms with Crippen LogP contribution in [0.15, 0.2) is 29.2 Å². The van der Waals surface area contributed by atoms with Crippen LogP contribution in [-0.2, 0) is 9.84 Å². The highest BCUT2D eigenvalue weighted by Crippen LogP contribution is 2.20. The molecule has 0 saturated carbocycles. The largest absolute Gasteiger partial charge is 0.396 e. The Balaban J connectivity index is 3.04. The first-order valence-electron chi connectivity index (χ1n) is 5.43. The second-order valence-corrected chi connectivity index (χ2v) is 6.13. The van der Waals surface area contributed by atoms with Crippen molar-refractivity contribution in [2.45, 2.75) is 36.8 Å². The predicted molar refractivity (Wildman–Crippen MR) is 64.1 cm³/mol. The van der Waals surface area contributed by atoms with E-state index in [0.29, 0.717) is 17.7 Å². The van der Waals surface area contributed by atoms with E-state index >= 15 is 0 Å². The molecule has 1 aromatic carbocycles. The van der Waals surface area contributed by atoms with Gasteiger partial charge in [-0.15, -0.1) is 0 Å². The zero-order chi connectivity index (χ0) is 12.2.